The molecule has 0 aliphatic carbocycles. The van der Waals surface area contributed by atoms with Crippen molar-refractivity contribution in [2.24, 2.45) is 0 Å². The lowest BCUT2D eigenvalue weighted by Crippen LogP contribution is -1.94. The first-order valence-electron chi connectivity index (χ1n) is 21.2. The molecule has 0 nitrogen and oxygen atoms in total. The normalized spacial score (nSPS) is 11.5. The number of fused-ring (bicyclic) bond motifs is 4. The van der Waals surface area contributed by atoms with E-state index in [0.29, 0.717) is 0 Å². The van der Waals surface area contributed by atoms with Crippen LogP contribution in [-0.2, 0) is 0 Å². The Morgan fingerprint density at radius 1 is 0.306 bits per heavy atom. The van der Waals surface area contributed by atoms with Crippen LogP contribution in [0.15, 0.2) is 231 Å². The zero-order chi connectivity index (χ0) is 40.9. The van der Waals surface area contributed by atoms with E-state index in [4.69, 9.17) is 0 Å². The number of hydrogen-bond donors (Lipinski definition) is 0. The predicted molar refractivity (Wildman–Crippen MR) is 274 cm³/mol. The molecule has 0 spiro atoms. The van der Waals surface area contributed by atoms with E-state index in [1.165, 1.54) is 120 Å². The molecule has 12 rings (SSSR count). The average molecular weight is 791 g/mol. The molecule has 0 unspecified atom stereocenters. The molecule has 0 heterocycles. The molecule has 0 radical (unpaired) electrons. The van der Waals surface area contributed by atoms with E-state index in [0.717, 1.165) is 0 Å². The molecule has 0 saturated carbocycles. The molecule has 0 saturated heterocycles. The SMILES string of the molecule is C.C=C/C=C\C.c1ccc(-c2c3ccccc3c(-c3ccc4ccc5c(-c6c7ccccc7c(-c7ccccc7)c7ccccc67)ccc6ccc3c4c65)c3ccccc23)cc1. The molecule has 294 valence electrons. The number of allylic oxidation sites excluding steroid dienone is 3. The van der Waals surface area contributed by atoms with E-state index in [-0.39, 0.29) is 7.43 Å². The van der Waals surface area contributed by atoms with Gasteiger partial charge < -0.3 is 0 Å². The van der Waals surface area contributed by atoms with Gasteiger partial charge in [0, 0.05) is 0 Å². The molecular formula is C62H46. The number of hydrogen-bond acceptors (Lipinski definition) is 0. The van der Waals surface area contributed by atoms with Gasteiger partial charge in [-0.2, -0.15) is 0 Å². The third-order valence-corrected chi connectivity index (χ3v) is 12.5. The van der Waals surface area contributed by atoms with Crippen LogP contribution in [0.3, 0.4) is 0 Å². The van der Waals surface area contributed by atoms with Crippen LogP contribution in [0.1, 0.15) is 14.4 Å². The first-order chi connectivity index (χ1) is 30.2. The first-order valence-corrected chi connectivity index (χ1v) is 21.2. The lowest BCUT2D eigenvalue weighted by atomic mass is 9.81. The minimum atomic E-state index is 0. The highest BCUT2D eigenvalue weighted by molar-refractivity contribution is 6.32. The molecule has 0 aromatic heterocycles. The van der Waals surface area contributed by atoms with Crippen LogP contribution in [0, 0.1) is 0 Å². The van der Waals surface area contributed by atoms with Gasteiger partial charge in [0.15, 0.2) is 0 Å². The van der Waals surface area contributed by atoms with Crippen molar-refractivity contribution in [2.45, 2.75) is 14.4 Å². The summed E-state index contributed by atoms with van der Waals surface area (Å²) in [5, 5.41) is 18.0. The summed E-state index contributed by atoms with van der Waals surface area (Å²) in [6, 6.07) is 76.5. The summed E-state index contributed by atoms with van der Waals surface area (Å²) >= 11 is 0. The van der Waals surface area contributed by atoms with Crippen molar-refractivity contribution in [1.82, 2.24) is 0 Å². The van der Waals surface area contributed by atoms with Crippen LogP contribution >= 0.6 is 0 Å². The maximum atomic E-state index is 3.46. The molecule has 0 heteroatoms. The predicted octanol–water partition coefficient (Wildman–Crippen LogP) is 18.2. The fourth-order valence-electron chi connectivity index (χ4n) is 10.0. The molecule has 0 aliphatic rings. The summed E-state index contributed by atoms with van der Waals surface area (Å²) in [7, 11) is 0. The van der Waals surface area contributed by atoms with Crippen LogP contribution < -0.4 is 0 Å². The van der Waals surface area contributed by atoms with Crippen LogP contribution in [0.5, 0.6) is 0 Å². The second-order valence-corrected chi connectivity index (χ2v) is 15.8. The monoisotopic (exact) mass is 790 g/mol. The Labute approximate surface area is 363 Å². The molecule has 62 heavy (non-hydrogen) atoms. The number of rotatable bonds is 5. The van der Waals surface area contributed by atoms with Gasteiger partial charge in [0.25, 0.3) is 0 Å². The van der Waals surface area contributed by atoms with Crippen molar-refractivity contribution >= 4 is 75.4 Å². The van der Waals surface area contributed by atoms with Crippen molar-refractivity contribution in [3.63, 3.8) is 0 Å². The maximum absolute atomic E-state index is 3.46. The van der Waals surface area contributed by atoms with Crippen molar-refractivity contribution in [1.29, 1.82) is 0 Å². The van der Waals surface area contributed by atoms with E-state index in [2.05, 4.69) is 213 Å². The van der Waals surface area contributed by atoms with E-state index in [1.54, 1.807) is 6.08 Å². The molecular weight excluding hydrogens is 745 g/mol. The Morgan fingerprint density at radius 3 is 0.887 bits per heavy atom. The minimum Gasteiger partial charge on any atom is -0.0991 e. The molecule has 0 bridgehead atoms. The zero-order valence-electron chi connectivity index (χ0n) is 34.1. The van der Waals surface area contributed by atoms with Crippen molar-refractivity contribution in [3.8, 4) is 44.5 Å². The van der Waals surface area contributed by atoms with Crippen LogP contribution in [0.2, 0.25) is 0 Å². The van der Waals surface area contributed by atoms with Gasteiger partial charge in [0.2, 0.25) is 0 Å². The van der Waals surface area contributed by atoms with E-state index in [1.807, 2.05) is 19.1 Å². The lowest BCUT2D eigenvalue weighted by molar-refractivity contribution is 1.66. The fourth-order valence-corrected chi connectivity index (χ4v) is 10.0. The van der Waals surface area contributed by atoms with Gasteiger partial charge in [-0.15, -0.1) is 0 Å². The second-order valence-electron chi connectivity index (χ2n) is 15.8. The quantitative estimate of drug-likeness (QED) is 0.0925. The Bertz CT molecular complexity index is 3300. The molecule has 12 aromatic carbocycles. The van der Waals surface area contributed by atoms with Gasteiger partial charge in [0.05, 0.1) is 0 Å². The fraction of sp³-hybridized carbons (Fsp3) is 0.0323. The Morgan fingerprint density at radius 2 is 0.597 bits per heavy atom. The summed E-state index contributed by atoms with van der Waals surface area (Å²) in [6.07, 6.45) is 5.58. The molecule has 12 aromatic rings. The van der Waals surface area contributed by atoms with Crippen molar-refractivity contribution < 1.29 is 0 Å². The first kappa shape index (κ1) is 38.4. The van der Waals surface area contributed by atoms with Gasteiger partial charge in [0.1, 0.15) is 0 Å². The highest BCUT2D eigenvalue weighted by atomic mass is 14.2. The molecule has 0 aliphatic heterocycles. The highest BCUT2D eigenvalue weighted by Gasteiger charge is 2.22. The molecule has 0 atom stereocenters. The number of benzene rings is 12. The molecule has 0 N–H and O–H groups in total. The topological polar surface area (TPSA) is 0 Å². The molecule has 0 amide bonds. The van der Waals surface area contributed by atoms with E-state index < -0.39 is 0 Å². The van der Waals surface area contributed by atoms with Gasteiger partial charge in [-0.25, -0.2) is 0 Å². The van der Waals surface area contributed by atoms with Crippen molar-refractivity contribution in [3.05, 3.63) is 231 Å². The summed E-state index contributed by atoms with van der Waals surface area (Å²) in [5.74, 6) is 0. The summed E-state index contributed by atoms with van der Waals surface area (Å²) < 4.78 is 0. The van der Waals surface area contributed by atoms with Gasteiger partial charge >= 0.3 is 0 Å². The highest BCUT2D eigenvalue weighted by Crippen LogP contribution is 2.50. The summed E-state index contributed by atoms with van der Waals surface area (Å²) in [5.41, 5.74) is 10.2. The van der Waals surface area contributed by atoms with Crippen LogP contribution in [0.4, 0.5) is 0 Å². The zero-order valence-corrected chi connectivity index (χ0v) is 34.1. The third-order valence-electron chi connectivity index (χ3n) is 12.5. The van der Waals surface area contributed by atoms with E-state index in [9.17, 15) is 0 Å². The van der Waals surface area contributed by atoms with E-state index >= 15 is 0 Å². The maximum Gasteiger partial charge on any atom is -0.00201 e. The average Bonchev–Trinajstić information content (AvgIpc) is 3.33. The lowest BCUT2D eigenvalue weighted by Gasteiger charge is -2.21. The van der Waals surface area contributed by atoms with Gasteiger partial charge in [-0.1, -0.05) is 238 Å². The van der Waals surface area contributed by atoms with Gasteiger partial charge in [-0.05, 0) is 127 Å². The standard InChI is InChI=1S/C56H34.C5H8.CH4/c1-3-15-35(16-4-1)51-39-19-7-11-23-43(39)55(44-24-12-8-20-40(44)51)49-33-29-37-28-32-48-50(34-30-38-27-31-47(49)53(37)54(38)48)56-45-25-13-9-21-41(45)52(36-17-5-2-6-18-36)42-22-10-14-26-46(42)56;1-3-5-4-2;/h1-34H;3-5H,1H2,2H3;1H4/b;5-4-;. The minimum absolute atomic E-state index is 0. The summed E-state index contributed by atoms with van der Waals surface area (Å²) in [4.78, 5) is 0. The molecule has 0 fully saturated rings. The van der Waals surface area contributed by atoms with Crippen LogP contribution in [-0.4, -0.2) is 0 Å². The largest absolute Gasteiger partial charge is 0.0991 e. The van der Waals surface area contributed by atoms with Gasteiger partial charge in [-0.3, -0.25) is 0 Å². The smallest absolute Gasteiger partial charge is 0.00201 e. The third kappa shape index (κ3) is 6.07. The second kappa shape index (κ2) is 16.0. The van der Waals surface area contributed by atoms with Crippen molar-refractivity contribution in [2.75, 3.05) is 0 Å². The Kier molecular flexibility index (Phi) is 9.91. The van der Waals surface area contributed by atoms with Crippen LogP contribution in [0.25, 0.3) is 120 Å². The summed E-state index contributed by atoms with van der Waals surface area (Å²) in [6.45, 7) is 5.42. The Hall–Kier alpha value is -7.80. The Balaban J connectivity index is 0.000000725.